The molecule has 0 unspecified atom stereocenters. The Morgan fingerprint density at radius 3 is 2.17 bits per heavy atom. The third kappa shape index (κ3) is 5.93. The fourth-order valence-corrected chi connectivity index (χ4v) is 3.94. The van der Waals surface area contributed by atoms with Crippen LogP contribution in [0.2, 0.25) is 0 Å². The van der Waals surface area contributed by atoms with Gasteiger partial charge < -0.3 is 10.1 Å². The molecule has 29 heavy (non-hydrogen) atoms. The fraction of sp³-hybridized carbons (Fsp3) is 0.381. The first-order chi connectivity index (χ1) is 13.6. The molecule has 8 heteroatoms. The summed E-state index contributed by atoms with van der Waals surface area (Å²) in [6.07, 6.45) is 0. The number of amides is 1. The summed E-state index contributed by atoms with van der Waals surface area (Å²) in [6, 6.07) is 10.8. The number of hydrogen-bond acceptors (Lipinski definition) is 4. The predicted octanol–water partition coefficient (Wildman–Crippen LogP) is 3.58. The van der Waals surface area contributed by atoms with E-state index in [9.17, 15) is 17.6 Å². The summed E-state index contributed by atoms with van der Waals surface area (Å²) in [7, 11) is -4.06. The lowest BCUT2D eigenvalue weighted by molar-refractivity contribution is -0.120. The van der Waals surface area contributed by atoms with Crippen molar-refractivity contribution in [2.75, 3.05) is 17.5 Å². The number of halogens is 1. The molecule has 0 aromatic heterocycles. The molecule has 2 aromatic carbocycles. The Kier molecular flexibility index (Phi) is 7.61. The maximum absolute atomic E-state index is 13.3. The van der Waals surface area contributed by atoms with Crippen molar-refractivity contribution in [2.24, 2.45) is 5.92 Å². The van der Waals surface area contributed by atoms with Crippen LogP contribution in [-0.2, 0) is 14.8 Å². The number of hydrogen-bond donors (Lipinski definition) is 1. The Morgan fingerprint density at radius 2 is 1.66 bits per heavy atom. The van der Waals surface area contributed by atoms with Crippen LogP contribution in [-0.4, -0.2) is 33.5 Å². The average Bonchev–Trinajstić information content (AvgIpc) is 2.67. The van der Waals surface area contributed by atoms with Gasteiger partial charge in [0.25, 0.3) is 10.0 Å². The minimum Gasteiger partial charge on any atom is -0.494 e. The van der Waals surface area contributed by atoms with Crippen LogP contribution in [0, 0.1) is 11.7 Å². The van der Waals surface area contributed by atoms with Crippen molar-refractivity contribution in [1.82, 2.24) is 5.32 Å². The highest BCUT2D eigenvalue weighted by Crippen LogP contribution is 2.25. The normalized spacial score (nSPS) is 12.5. The van der Waals surface area contributed by atoms with Gasteiger partial charge in [0, 0.05) is 6.04 Å². The van der Waals surface area contributed by atoms with Gasteiger partial charge in [-0.1, -0.05) is 13.8 Å². The molecule has 0 spiro atoms. The lowest BCUT2D eigenvalue weighted by atomic mass is 10.1. The standard InChI is InChI=1S/C21H27FN2O4S/c1-5-28-19-10-12-20(13-11-19)29(26,27)24(18-8-6-17(22)7-9-18)14-21(25)23-16(4)15(2)3/h6-13,15-16H,5,14H2,1-4H3,(H,23,25)/t16-/m1/s1. The number of anilines is 1. The molecule has 2 rings (SSSR count). The van der Waals surface area contributed by atoms with Crippen LogP contribution >= 0.6 is 0 Å². The Morgan fingerprint density at radius 1 is 1.07 bits per heavy atom. The Hall–Kier alpha value is -2.61. The van der Waals surface area contributed by atoms with E-state index in [1.807, 2.05) is 27.7 Å². The molecule has 0 saturated heterocycles. The highest BCUT2D eigenvalue weighted by Gasteiger charge is 2.28. The molecule has 2 aromatic rings. The van der Waals surface area contributed by atoms with Gasteiger partial charge in [0.2, 0.25) is 5.91 Å². The van der Waals surface area contributed by atoms with Crippen LogP contribution in [0.3, 0.4) is 0 Å². The molecule has 0 saturated carbocycles. The number of ether oxygens (including phenoxy) is 1. The summed E-state index contributed by atoms with van der Waals surface area (Å²) in [5, 5.41) is 2.80. The molecule has 0 heterocycles. The lowest BCUT2D eigenvalue weighted by Gasteiger charge is -2.26. The van der Waals surface area contributed by atoms with Gasteiger partial charge in [-0.3, -0.25) is 9.10 Å². The van der Waals surface area contributed by atoms with E-state index < -0.39 is 28.3 Å². The van der Waals surface area contributed by atoms with Crippen molar-refractivity contribution in [3.05, 3.63) is 54.3 Å². The molecule has 1 amide bonds. The van der Waals surface area contributed by atoms with Crippen molar-refractivity contribution >= 4 is 21.6 Å². The van der Waals surface area contributed by atoms with Gasteiger partial charge in [-0.05, 0) is 68.3 Å². The van der Waals surface area contributed by atoms with Crippen LogP contribution in [0.15, 0.2) is 53.4 Å². The third-order valence-corrected chi connectivity index (χ3v) is 6.30. The van der Waals surface area contributed by atoms with E-state index in [1.54, 1.807) is 12.1 Å². The summed E-state index contributed by atoms with van der Waals surface area (Å²) in [6.45, 7) is 7.64. The first kappa shape index (κ1) is 22.7. The van der Waals surface area contributed by atoms with Gasteiger partial charge in [-0.15, -0.1) is 0 Å². The second-order valence-electron chi connectivity index (χ2n) is 6.99. The Bertz CT molecular complexity index is 913. The third-order valence-electron chi connectivity index (χ3n) is 4.51. The molecule has 6 nitrogen and oxygen atoms in total. The fourth-order valence-electron chi connectivity index (χ4n) is 2.52. The Labute approximate surface area is 171 Å². The zero-order chi connectivity index (χ0) is 21.6. The monoisotopic (exact) mass is 422 g/mol. The minimum atomic E-state index is -4.06. The van der Waals surface area contributed by atoms with Gasteiger partial charge in [0.15, 0.2) is 0 Å². The SMILES string of the molecule is CCOc1ccc(S(=O)(=O)N(CC(=O)N[C@H](C)C(C)C)c2ccc(F)cc2)cc1. The number of carbonyl (C=O) groups excluding carboxylic acids is 1. The summed E-state index contributed by atoms with van der Waals surface area (Å²) >= 11 is 0. The van der Waals surface area contributed by atoms with Crippen molar-refractivity contribution in [1.29, 1.82) is 0 Å². The van der Waals surface area contributed by atoms with Crippen molar-refractivity contribution in [2.45, 2.75) is 38.6 Å². The van der Waals surface area contributed by atoms with E-state index in [0.717, 1.165) is 16.4 Å². The number of nitrogens with zero attached hydrogens (tertiary/aromatic N) is 1. The zero-order valence-electron chi connectivity index (χ0n) is 17.1. The van der Waals surface area contributed by atoms with Crippen LogP contribution in [0.25, 0.3) is 0 Å². The minimum absolute atomic E-state index is 0.00925. The van der Waals surface area contributed by atoms with Crippen LogP contribution in [0.4, 0.5) is 10.1 Å². The van der Waals surface area contributed by atoms with Crippen molar-refractivity contribution < 1.29 is 22.3 Å². The first-order valence-electron chi connectivity index (χ1n) is 9.45. The number of nitrogens with one attached hydrogen (secondary N) is 1. The van der Waals surface area contributed by atoms with E-state index in [4.69, 9.17) is 4.74 Å². The summed E-state index contributed by atoms with van der Waals surface area (Å²) in [4.78, 5) is 12.5. The van der Waals surface area contributed by atoms with E-state index in [-0.39, 0.29) is 22.5 Å². The second-order valence-corrected chi connectivity index (χ2v) is 8.86. The molecule has 1 atom stereocenters. The second kappa shape index (κ2) is 9.73. The smallest absolute Gasteiger partial charge is 0.264 e. The highest BCUT2D eigenvalue weighted by atomic mass is 32.2. The topological polar surface area (TPSA) is 75.7 Å². The number of carbonyl (C=O) groups is 1. The molecule has 0 aliphatic heterocycles. The molecule has 158 valence electrons. The van der Waals surface area contributed by atoms with E-state index in [1.165, 1.54) is 24.3 Å². The molecule has 0 bridgehead atoms. The molecule has 1 N–H and O–H groups in total. The van der Waals surface area contributed by atoms with Gasteiger partial charge >= 0.3 is 0 Å². The molecule has 0 aliphatic carbocycles. The van der Waals surface area contributed by atoms with Gasteiger partial charge in [0.05, 0.1) is 17.2 Å². The Balaban J connectivity index is 2.37. The molecule has 0 fully saturated rings. The van der Waals surface area contributed by atoms with Crippen molar-refractivity contribution in [3.8, 4) is 5.75 Å². The average molecular weight is 423 g/mol. The van der Waals surface area contributed by atoms with Gasteiger partial charge in [0.1, 0.15) is 18.1 Å². The number of rotatable bonds is 9. The summed E-state index contributed by atoms with van der Waals surface area (Å²) in [5.41, 5.74) is 0.202. The molecule has 0 radical (unpaired) electrons. The van der Waals surface area contributed by atoms with Crippen LogP contribution in [0.1, 0.15) is 27.7 Å². The van der Waals surface area contributed by atoms with Gasteiger partial charge in [-0.2, -0.15) is 0 Å². The quantitative estimate of drug-likeness (QED) is 0.670. The highest BCUT2D eigenvalue weighted by molar-refractivity contribution is 7.92. The summed E-state index contributed by atoms with van der Waals surface area (Å²) in [5.74, 6) is -0.195. The van der Waals surface area contributed by atoms with Gasteiger partial charge in [-0.25, -0.2) is 12.8 Å². The summed E-state index contributed by atoms with van der Waals surface area (Å²) < 4.78 is 46.2. The van der Waals surface area contributed by atoms with Crippen LogP contribution < -0.4 is 14.4 Å². The molecular weight excluding hydrogens is 395 g/mol. The maximum Gasteiger partial charge on any atom is 0.264 e. The van der Waals surface area contributed by atoms with E-state index >= 15 is 0 Å². The zero-order valence-corrected chi connectivity index (χ0v) is 17.9. The molecule has 0 aliphatic rings. The number of sulfonamides is 1. The first-order valence-corrected chi connectivity index (χ1v) is 10.9. The van der Waals surface area contributed by atoms with E-state index in [2.05, 4.69) is 5.32 Å². The van der Waals surface area contributed by atoms with Crippen molar-refractivity contribution in [3.63, 3.8) is 0 Å². The van der Waals surface area contributed by atoms with Crippen LogP contribution in [0.5, 0.6) is 5.75 Å². The largest absolute Gasteiger partial charge is 0.494 e. The molecular formula is C21H27FN2O4S. The maximum atomic E-state index is 13.3. The predicted molar refractivity (Wildman–Crippen MR) is 111 cm³/mol. The number of benzene rings is 2. The lowest BCUT2D eigenvalue weighted by Crippen LogP contribution is -2.45. The van der Waals surface area contributed by atoms with E-state index in [0.29, 0.717) is 12.4 Å².